The van der Waals surface area contributed by atoms with Gasteiger partial charge in [-0.15, -0.1) is 0 Å². The minimum Gasteiger partial charge on any atom is -0.322 e. The number of fused-ring (bicyclic) bond motifs is 1. The molecule has 0 saturated carbocycles. The lowest BCUT2D eigenvalue weighted by Crippen LogP contribution is -2.13. The van der Waals surface area contributed by atoms with E-state index in [4.69, 9.17) is 11.6 Å². The molecule has 6 heteroatoms. The molecule has 0 saturated heterocycles. The number of carbonyl (C=O) groups is 1. The molecule has 22 heavy (non-hydrogen) atoms. The van der Waals surface area contributed by atoms with Crippen molar-refractivity contribution < 1.29 is 4.79 Å². The van der Waals surface area contributed by atoms with E-state index in [1.165, 1.54) is 0 Å². The highest BCUT2D eigenvalue weighted by Crippen LogP contribution is 2.21. The van der Waals surface area contributed by atoms with Gasteiger partial charge in [0, 0.05) is 29.3 Å². The van der Waals surface area contributed by atoms with Gasteiger partial charge in [-0.1, -0.05) is 11.6 Å². The lowest BCUT2D eigenvalue weighted by Gasteiger charge is -2.08. The van der Waals surface area contributed by atoms with E-state index in [1.807, 2.05) is 33.0 Å². The van der Waals surface area contributed by atoms with Crippen molar-refractivity contribution in [3.05, 3.63) is 52.3 Å². The molecule has 0 unspecified atom stereocenters. The fourth-order valence-corrected chi connectivity index (χ4v) is 2.62. The number of aromatic nitrogens is 3. The van der Waals surface area contributed by atoms with Crippen molar-refractivity contribution in [2.24, 2.45) is 7.05 Å². The van der Waals surface area contributed by atoms with E-state index in [9.17, 15) is 4.79 Å². The normalized spacial score (nSPS) is 10.9. The van der Waals surface area contributed by atoms with Crippen molar-refractivity contribution in [2.75, 3.05) is 5.32 Å². The van der Waals surface area contributed by atoms with Crippen LogP contribution in [0, 0.1) is 13.8 Å². The van der Waals surface area contributed by atoms with Crippen LogP contribution in [0.1, 0.15) is 21.6 Å². The third kappa shape index (κ3) is 2.55. The molecule has 3 aromatic rings. The molecular formula is C16H15ClN4O. The lowest BCUT2D eigenvalue weighted by atomic mass is 10.1. The zero-order chi connectivity index (χ0) is 15.9. The van der Waals surface area contributed by atoms with Crippen LogP contribution in [0.4, 0.5) is 5.69 Å². The Hall–Kier alpha value is -2.40. The number of anilines is 1. The minimum absolute atomic E-state index is 0.205. The third-order valence-corrected chi connectivity index (χ3v) is 3.80. The van der Waals surface area contributed by atoms with E-state index in [-0.39, 0.29) is 5.91 Å². The second-order valence-corrected chi connectivity index (χ2v) is 5.65. The van der Waals surface area contributed by atoms with Gasteiger partial charge in [-0.3, -0.25) is 9.48 Å². The lowest BCUT2D eigenvalue weighted by molar-refractivity contribution is 0.102. The summed E-state index contributed by atoms with van der Waals surface area (Å²) in [6, 6.07) is 7.16. The van der Waals surface area contributed by atoms with Crippen LogP contribution in [0.3, 0.4) is 0 Å². The molecule has 1 aromatic carbocycles. The van der Waals surface area contributed by atoms with Gasteiger partial charge in [-0.2, -0.15) is 5.10 Å². The molecule has 112 valence electrons. The van der Waals surface area contributed by atoms with Gasteiger partial charge in [-0.25, -0.2) is 4.98 Å². The molecule has 0 spiro atoms. The Bertz CT molecular complexity index is 885. The molecule has 0 bridgehead atoms. The predicted octanol–water partition coefficient (Wildman–Crippen LogP) is 3.49. The number of aryl methyl sites for hydroxylation is 3. The van der Waals surface area contributed by atoms with E-state index in [1.54, 1.807) is 23.0 Å². The maximum atomic E-state index is 12.4. The van der Waals surface area contributed by atoms with Gasteiger partial charge in [-0.05, 0) is 43.7 Å². The van der Waals surface area contributed by atoms with Crippen LogP contribution >= 0.6 is 11.6 Å². The molecule has 0 aliphatic heterocycles. The maximum absolute atomic E-state index is 12.4. The number of halogens is 1. The van der Waals surface area contributed by atoms with Crippen LogP contribution < -0.4 is 5.32 Å². The van der Waals surface area contributed by atoms with Crippen LogP contribution in [-0.4, -0.2) is 20.7 Å². The Morgan fingerprint density at radius 1 is 1.27 bits per heavy atom. The molecule has 1 amide bonds. The number of hydrogen-bond acceptors (Lipinski definition) is 3. The quantitative estimate of drug-likeness (QED) is 0.787. The molecule has 0 radical (unpaired) electrons. The summed E-state index contributed by atoms with van der Waals surface area (Å²) in [4.78, 5) is 16.7. The number of nitrogens with one attached hydrogen (secondary N) is 1. The van der Waals surface area contributed by atoms with Crippen LogP contribution in [-0.2, 0) is 7.05 Å². The molecule has 2 aromatic heterocycles. The van der Waals surface area contributed by atoms with E-state index in [2.05, 4.69) is 15.4 Å². The Morgan fingerprint density at radius 3 is 2.77 bits per heavy atom. The largest absolute Gasteiger partial charge is 0.322 e. The van der Waals surface area contributed by atoms with Crippen molar-refractivity contribution in [3.63, 3.8) is 0 Å². The third-order valence-electron chi connectivity index (χ3n) is 3.56. The first kappa shape index (κ1) is 14.5. The molecule has 1 N–H and O–H groups in total. The van der Waals surface area contributed by atoms with Crippen molar-refractivity contribution in [1.29, 1.82) is 0 Å². The van der Waals surface area contributed by atoms with Crippen molar-refractivity contribution in [3.8, 4) is 0 Å². The van der Waals surface area contributed by atoms with Crippen molar-refractivity contribution >= 4 is 34.2 Å². The number of nitrogens with zero attached hydrogens (tertiary/aromatic N) is 3. The molecule has 3 rings (SSSR count). The zero-order valence-electron chi connectivity index (χ0n) is 12.5. The second-order valence-electron chi connectivity index (χ2n) is 5.22. The summed E-state index contributed by atoms with van der Waals surface area (Å²) in [6.45, 7) is 3.79. The summed E-state index contributed by atoms with van der Waals surface area (Å²) < 4.78 is 1.70. The summed E-state index contributed by atoms with van der Waals surface area (Å²) >= 11 is 5.92. The first-order valence-corrected chi connectivity index (χ1v) is 7.20. The summed E-state index contributed by atoms with van der Waals surface area (Å²) in [5.74, 6) is -0.205. The number of carbonyl (C=O) groups excluding carboxylic acids is 1. The minimum atomic E-state index is -0.205. The highest BCUT2D eigenvalue weighted by Gasteiger charge is 2.12. The summed E-state index contributed by atoms with van der Waals surface area (Å²) in [6.07, 6.45) is 1.56. The second kappa shape index (κ2) is 5.42. The Kier molecular flexibility index (Phi) is 3.58. The summed E-state index contributed by atoms with van der Waals surface area (Å²) in [5.41, 5.74) is 3.75. The van der Waals surface area contributed by atoms with Gasteiger partial charge in [0.25, 0.3) is 5.91 Å². The van der Waals surface area contributed by atoms with Crippen LogP contribution in [0.5, 0.6) is 0 Å². The van der Waals surface area contributed by atoms with Crippen LogP contribution in [0.2, 0.25) is 5.02 Å². The van der Waals surface area contributed by atoms with Crippen molar-refractivity contribution in [1.82, 2.24) is 14.8 Å². The van der Waals surface area contributed by atoms with E-state index in [0.29, 0.717) is 10.6 Å². The van der Waals surface area contributed by atoms with Gasteiger partial charge in [0.15, 0.2) is 5.65 Å². The number of amides is 1. The SMILES string of the molecule is Cc1cc(Cl)ccc1NC(=O)c1cnc2c(c1)c(C)nn2C. The van der Waals surface area contributed by atoms with Crippen LogP contribution in [0.25, 0.3) is 11.0 Å². The number of hydrogen-bond donors (Lipinski definition) is 1. The highest BCUT2D eigenvalue weighted by molar-refractivity contribution is 6.30. The van der Waals surface area contributed by atoms with E-state index in [0.717, 1.165) is 28.0 Å². The highest BCUT2D eigenvalue weighted by atomic mass is 35.5. The Balaban J connectivity index is 1.93. The molecule has 0 fully saturated rings. The number of pyridine rings is 1. The summed E-state index contributed by atoms with van der Waals surface area (Å²) in [7, 11) is 1.83. The van der Waals surface area contributed by atoms with Crippen molar-refractivity contribution in [2.45, 2.75) is 13.8 Å². The smallest absolute Gasteiger partial charge is 0.257 e. The average Bonchev–Trinajstić information content (AvgIpc) is 2.76. The van der Waals surface area contributed by atoms with Gasteiger partial charge in [0.05, 0.1) is 11.3 Å². The molecular weight excluding hydrogens is 300 g/mol. The summed E-state index contributed by atoms with van der Waals surface area (Å²) in [5, 5.41) is 8.71. The Morgan fingerprint density at radius 2 is 2.05 bits per heavy atom. The number of benzene rings is 1. The first-order chi connectivity index (χ1) is 10.5. The molecule has 0 atom stereocenters. The topological polar surface area (TPSA) is 59.8 Å². The van der Waals surface area contributed by atoms with Gasteiger partial charge in [0.1, 0.15) is 0 Å². The number of rotatable bonds is 2. The average molecular weight is 315 g/mol. The maximum Gasteiger partial charge on any atom is 0.257 e. The molecule has 2 heterocycles. The molecule has 5 nitrogen and oxygen atoms in total. The fourth-order valence-electron chi connectivity index (χ4n) is 2.39. The molecule has 0 aliphatic carbocycles. The fraction of sp³-hybridized carbons (Fsp3) is 0.188. The van der Waals surface area contributed by atoms with Gasteiger partial charge in [0.2, 0.25) is 0 Å². The van der Waals surface area contributed by atoms with Gasteiger partial charge >= 0.3 is 0 Å². The Labute approximate surface area is 132 Å². The van der Waals surface area contributed by atoms with E-state index >= 15 is 0 Å². The van der Waals surface area contributed by atoms with Crippen LogP contribution in [0.15, 0.2) is 30.5 Å². The standard InChI is InChI=1S/C16H15ClN4O/c1-9-6-12(17)4-5-14(9)19-16(22)11-7-13-10(2)20-21(3)15(13)18-8-11/h4-8H,1-3H3,(H,19,22). The first-order valence-electron chi connectivity index (χ1n) is 6.82. The molecule has 0 aliphatic rings. The predicted molar refractivity (Wildman–Crippen MR) is 87.4 cm³/mol. The van der Waals surface area contributed by atoms with E-state index < -0.39 is 0 Å². The zero-order valence-corrected chi connectivity index (χ0v) is 13.3. The monoisotopic (exact) mass is 314 g/mol. The van der Waals surface area contributed by atoms with Gasteiger partial charge < -0.3 is 5.32 Å².